The maximum absolute atomic E-state index is 9.31. The van der Waals surface area contributed by atoms with E-state index < -0.39 is 0 Å². The molecule has 0 radical (unpaired) electrons. The minimum atomic E-state index is -0.175. The molecule has 0 aromatic heterocycles. The van der Waals surface area contributed by atoms with Gasteiger partial charge in [-0.15, -0.1) is 0 Å². The molecule has 1 rings (SSSR count). The van der Waals surface area contributed by atoms with Crippen LogP contribution in [0.25, 0.3) is 0 Å². The minimum Gasteiger partial charge on any atom is -0.392 e. The lowest BCUT2D eigenvalue weighted by molar-refractivity contribution is 0.0595. The molecule has 0 bridgehead atoms. The van der Waals surface area contributed by atoms with Gasteiger partial charge in [0.2, 0.25) is 0 Å². The smallest absolute Gasteiger partial charge is 0.0639 e. The van der Waals surface area contributed by atoms with Gasteiger partial charge in [0.25, 0.3) is 0 Å². The van der Waals surface area contributed by atoms with E-state index in [2.05, 4.69) is 18.7 Å². The van der Waals surface area contributed by atoms with Gasteiger partial charge in [-0.3, -0.25) is 0 Å². The SMILES string of the molecule is CCC1(CC)CCN(C[C@@H](C)O)CC1. The van der Waals surface area contributed by atoms with Crippen LogP contribution < -0.4 is 0 Å². The third-order valence-corrected chi connectivity index (χ3v) is 3.94. The average molecular weight is 199 g/mol. The molecular formula is C12H25NO. The Bertz CT molecular complexity index is 154. The lowest BCUT2D eigenvalue weighted by Crippen LogP contribution is -2.42. The molecule has 1 aliphatic heterocycles. The highest BCUT2D eigenvalue weighted by atomic mass is 16.3. The third-order valence-electron chi connectivity index (χ3n) is 3.94. The van der Waals surface area contributed by atoms with Crippen molar-refractivity contribution < 1.29 is 5.11 Å². The molecule has 1 fully saturated rings. The van der Waals surface area contributed by atoms with Gasteiger partial charge in [0.15, 0.2) is 0 Å². The van der Waals surface area contributed by atoms with Crippen LogP contribution in [0.3, 0.4) is 0 Å². The topological polar surface area (TPSA) is 23.5 Å². The third kappa shape index (κ3) is 2.96. The van der Waals surface area contributed by atoms with Crippen molar-refractivity contribution in [2.45, 2.75) is 52.6 Å². The lowest BCUT2D eigenvalue weighted by atomic mass is 9.74. The van der Waals surface area contributed by atoms with Gasteiger partial charge in [-0.1, -0.05) is 26.7 Å². The van der Waals surface area contributed by atoms with Gasteiger partial charge in [-0.2, -0.15) is 0 Å². The largest absolute Gasteiger partial charge is 0.392 e. The van der Waals surface area contributed by atoms with Crippen molar-refractivity contribution in [2.75, 3.05) is 19.6 Å². The van der Waals surface area contributed by atoms with E-state index in [1.807, 2.05) is 6.92 Å². The van der Waals surface area contributed by atoms with Crippen molar-refractivity contribution >= 4 is 0 Å². The van der Waals surface area contributed by atoms with Gasteiger partial charge in [-0.05, 0) is 38.3 Å². The molecule has 0 spiro atoms. The lowest BCUT2D eigenvalue weighted by Gasteiger charge is -2.41. The number of aliphatic hydroxyl groups excluding tert-OH is 1. The summed E-state index contributed by atoms with van der Waals surface area (Å²) in [6.07, 6.45) is 5.07. The molecule has 0 saturated carbocycles. The molecular weight excluding hydrogens is 174 g/mol. The minimum absolute atomic E-state index is 0.175. The normalized spacial score (nSPS) is 24.9. The van der Waals surface area contributed by atoms with E-state index in [0.29, 0.717) is 5.41 Å². The molecule has 0 aliphatic carbocycles. The molecule has 1 heterocycles. The molecule has 84 valence electrons. The number of likely N-dealkylation sites (tertiary alicyclic amines) is 1. The van der Waals surface area contributed by atoms with Crippen LogP contribution >= 0.6 is 0 Å². The molecule has 2 heteroatoms. The zero-order valence-electron chi connectivity index (χ0n) is 9.92. The fraction of sp³-hybridized carbons (Fsp3) is 1.00. The van der Waals surface area contributed by atoms with Crippen molar-refractivity contribution in [3.63, 3.8) is 0 Å². The Morgan fingerprint density at radius 1 is 1.21 bits per heavy atom. The molecule has 1 saturated heterocycles. The Morgan fingerprint density at radius 3 is 2.07 bits per heavy atom. The quantitative estimate of drug-likeness (QED) is 0.751. The van der Waals surface area contributed by atoms with E-state index in [0.717, 1.165) is 6.54 Å². The van der Waals surface area contributed by atoms with Crippen molar-refractivity contribution in [1.29, 1.82) is 0 Å². The summed E-state index contributed by atoms with van der Waals surface area (Å²) >= 11 is 0. The predicted molar refractivity (Wildman–Crippen MR) is 60.4 cm³/mol. The number of nitrogens with zero attached hydrogens (tertiary/aromatic N) is 1. The fourth-order valence-corrected chi connectivity index (χ4v) is 2.54. The van der Waals surface area contributed by atoms with E-state index in [-0.39, 0.29) is 6.10 Å². The fourth-order valence-electron chi connectivity index (χ4n) is 2.54. The van der Waals surface area contributed by atoms with Gasteiger partial charge in [-0.25, -0.2) is 0 Å². The second-order valence-electron chi connectivity index (χ2n) is 4.86. The Morgan fingerprint density at radius 2 is 1.71 bits per heavy atom. The highest BCUT2D eigenvalue weighted by Gasteiger charge is 2.31. The molecule has 1 N–H and O–H groups in total. The molecule has 0 aromatic rings. The van der Waals surface area contributed by atoms with E-state index in [4.69, 9.17) is 0 Å². The molecule has 1 aliphatic rings. The summed E-state index contributed by atoms with van der Waals surface area (Å²) in [5.74, 6) is 0. The highest BCUT2D eigenvalue weighted by molar-refractivity contribution is 4.84. The van der Waals surface area contributed by atoms with E-state index in [1.165, 1.54) is 38.8 Å². The van der Waals surface area contributed by atoms with E-state index in [9.17, 15) is 5.11 Å². The summed E-state index contributed by atoms with van der Waals surface area (Å²) in [6.45, 7) is 9.70. The van der Waals surface area contributed by atoms with Crippen LogP contribution in [-0.2, 0) is 0 Å². The average Bonchev–Trinajstić information content (AvgIpc) is 2.19. The van der Waals surface area contributed by atoms with E-state index >= 15 is 0 Å². The van der Waals surface area contributed by atoms with Crippen molar-refractivity contribution in [2.24, 2.45) is 5.41 Å². The molecule has 0 aromatic carbocycles. The summed E-state index contributed by atoms with van der Waals surface area (Å²) in [6, 6.07) is 0. The number of piperidine rings is 1. The van der Waals surface area contributed by atoms with Gasteiger partial charge in [0.1, 0.15) is 0 Å². The van der Waals surface area contributed by atoms with Crippen molar-refractivity contribution in [1.82, 2.24) is 4.90 Å². The van der Waals surface area contributed by atoms with Crippen LogP contribution in [-0.4, -0.2) is 35.7 Å². The monoisotopic (exact) mass is 199 g/mol. The zero-order valence-corrected chi connectivity index (χ0v) is 9.92. The van der Waals surface area contributed by atoms with Crippen LogP contribution in [0.1, 0.15) is 46.5 Å². The Kier molecular flexibility index (Phi) is 4.39. The van der Waals surface area contributed by atoms with E-state index in [1.54, 1.807) is 0 Å². The summed E-state index contributed by atoms with van der Waals surface area (Å²) in [4.78, 5) is 2.40. The second kappa shape index (κ2) is 5.13. The zero-order chi connectivity index (χ0) is 10.6. The van der Waals surface area contributed by atoms with Crippen LogP contribution in [0.15, 0.2) is 0 Å². The summed E-state index contributed by atoms with van der Waals surface area (Å²) < 4.78 is 0. The first-order valence-electron chi connectivity index (χ1n) is 6.02. The number of rotatable bonds is 4. The number of aliphatic hydroxyl groups is 1. The van der Waals surface area contributed by atoms with Gasteiger partial charge < -0.3 is 10.0 Å². The first kappa shape index (κ1) is 12.0. The van der Waals surface area contributed by atoms with Crippen LogP contribution in [0.2, 0.25) is 0 Å². The molecule has 1 atom stereocenters. The predicted octanol–water partition coefficient (Wildman–Crippen LogP) is 2.27. The van der Waals surface area contributed by atoms with Gasteiger partial charge >= 0.3 is 0 Å². The number of hydrogen-bond donors (Lipinski definition) is 1. The maximum atomic E-state index is 9.31. The first-order valence-corrected chi connectivity index (χ1v) is 6.02. The van der Waals surface area contributed by atoms with Crippen LogP contribution in [0.5, 0.6) is 0 Å². The summed E-state index contributed by atoms with van der Waals surface area (Å²) in [5.41, 5.74) is 0.606. The van der Waals surface area contributed by atoms with Crippen LogP contribution in [0.4, 0.5) is 0 Å². The maximum Gasteiger partial charge on any atom is 0.0639 e. The van der Waals surface area contributed by atoms with Crippen molar-refractivity contribution in [3.05, 3.63) is 0 Å². The first-order chi connectivity index (χ1) is 6.62. The Balaban J connectivity index is 2.37. The Hall–Kier alpha value is -0.0800. The van der Waals surface area contributed by atoms with Gasteiger partial charge in [0, 0.05) is 6.54 Å². The molecule has 2 nitrogen and oxygen atoms in total. The molecule has 0 amide bonds. The molecule has 14 heavy (non-hydrogen) atoms. The van der Waals surface area contributed by atoms with Gasteiger partial charge in [0.05, 0.1) is 6.10 Å². The number of hydrogen-bond acceptors (Lipinski definition) is 2. The highest BCUT2D eigenvalue weighted by Crippen LogP contribution is 2.37. The molecule has 0 unspecified atom stereocenters. The summed E-state index contributed by atoms with van der Waals surface area (Å²) in [7, 11) is 0. The summed E-state index contributed by atoms with van der Waals surface area (Å²) in [5, 5.41) is 9.31. The van der Waals surface area contributed by atoms with Crippen LogP contribution in [0, 0.1) is 5.41 Å². The standard InChI is InChI=1S/C12H25NO/c1-4-12(5-2)6-8-13(9-7-12)10-11(3)14/h11,14H,4-10H2,1-3H3/t11-/m1/s1. The Labute approximate surface area is 88.3 Å². The van der Waals surface area contributed by atoms with Crippen molar-refractivity contribution in [3.8, 4) is 0 Å². The second-order valence-corrected chi connectivity index (χ2v) is 4.86. The number of β-amino-alcohol motifs (C(OH)–C–C–N with tert-alkyl or cyclic N) is 1.